The van der Waals surface area contributed by atoms with E-state index in [2.05, 4.69) is 4.74 Å². The number of hydrogen-bond donors (Lipinski definition) is 3. The second kappa shape index (κ2) is 6.29. The van der Waals surface area contributed by atoms with E-state index >= 15 is 0 Å². The van der Waals surface area contributed by atoms with Crippen molar-refractivity contribution in [3.05, 3.63) is 28.0 Å². The van der Waals surface area contributed by atoms with Crippen LogP contribution >= 0.6 is 11.3 Å². The number of methoxy groups -OCH3 is 1. The second-order valence-electron chi connectivity index (χ2n) is 3.37. The zero-order chi connectivity index (χ0) is 13.7. The zero-order valence-electron chi connectivity index (χ0n) is 9.44. The number of aliphatic hydroxyl groups excluding tert-OH is 2. The number of ether oxygens (including phenoxy) is 1. The Hall–Kier alpha value is -1.70. The monoisotopic (exact) mass is 272 g/mol. The number of aliphatic carboxylic acids is 1. The maximum atomic E-state index is 11.0. The third kappa shape index (κ3) is 3.66. The van der Waals surface area contributed by atoms with Crippen LogP contribution in [-0.2, 0) is 14.3 Å². The van der Waals surface area contributed by atoms with Crippen LogP contribution in [0, 0.1) is 0 Å². The highest BCUT2D eigenvalue weighted by Crippen LogP contribution is 2.24. The summed E-state index contributed by atoms with van der Waals surface area (Å²) in [5, 5.41) is 29.1. The Morgan fingerprint density at radius 3 is 2.67 bits per heavy atom. The molecule has 0 spiro atoms. The average molecular weight is 272 g/mol. The zero-order valence-corrected chi connectivity index (χ0v) is 10.3. The SMILES string of the molecule is COC(=O)C(O)C(O)c1csc(/C=C/C(=O)O)c1. The molecule has 0 saturated carbocycles. The molecular formula is C11H12O6S. The van der Waals surface area contributed by atoms with Crippen molar-refractivity contribution in [1.82, 2.24) is 0 Å². The molecule has 1 aromatic rings. The minimum atomic E-state index is -1.67. The van der Waals surface area contributed by atoms with E-state index in [4.69, 9.17) is 5.11 Å². The molecule has 6 nitrogen and oxygen atoms in total. The van der Waals surface area contributed by atoms with Gasteiger partial charge in [-0.15, -0.1) is 11.3 Å². The number of rotatable bonds is 5. The van der Waals surface area contributed by atoms with Crippen LogP contribution in [-0.4, -0.2) is 40.5 Å². The molecule has 0 bridgehead atoms. The van der Waals surface area contributed by atoms with Crippen molar-refractivity contribution >= 4 is 29.4 Å². The highest BCUT2D eigenvalue weighted by Gasteiger charge is 2.26. The van der Waals surface area contributed by atoms with Gasteiger partial charge in [-0.05, 0) is 23.1 Å². The first-order valence-corrected chi connectivity index (χ1v) is 5.77. The van der Waals surface area contributed by atoms with Gasteiger partial charge in [0.05, 0.1) is 7.11 Å². The first-order valence-electron chi connectivity index (χ1n) is 4.89. The molecule has 0 aromatic carbocycles. The highest BCUT2D eigenvalue weighted by molar-refractivity contribution is 7.11. The fourth-order valence-electron chi connectivity index (χ4n) is 1.20. The molecular weight excluding hydrogens is 260 g/mol. The normalized spacial score (nSPS) is 14.4. The summed E-state index contributed by atoms with van der Waals surface area (Å²) in [6, 6.07) is 1.49. The maximum Gasteiger partial charge on any atom is 0.337 e. The predicted octanol–water partition coefficient (Wildman–Crippen LogP) is 0.413. The molecule has 0 aliphatic carbocycles. The third-order valence-corrected chi connectivity index (χ3v) is 3.03. The number of carboxylic acid groups (broad SMARTS) is 1. The maximum absolute atomic E-state index is 11.0. The fourth-order valence-corrected chi connectivity index (χ4v) is 2.03. The lowest BCUT2D eigenvalue weighted by Gasteiger charge is -2.13. The molecule has 1 rings (SSSR count). The van der Waals surface area contributed by atoms with Crippen molar-refractivity contribution in [1.29, 1.82) is 0 Å². The van der Waals surface area contributed by atoms with Crippen LogP contribution in [0.4, 0.5) is 0 Å². The van der Waals surface area contributed by atoms with Crippen LogP contribution in [0.5, 0.6) is 0 Å². The number of carboxylic acids is 1. The first-order chi connectivity index (χ1) is 8.45. The molecule has 0 aliphatic rings. The molecule has 0 saturated heterocycles. The Morgan fingerprint density at radius 1 is 1.44 bits per heavy atom. The minimum absolute atomic E-state index is 0.322. The molecule has 7 heteroatoms. The van der Waals surface area contributed by atoms with Crippen molar-refractivity contribution < 1.29 is 29.6 Å². The molecule has 2 unspecified atom stereocenters. The van der Waals surface area contributed by atoms with Gasteiger partial charge < -0.3 is 20.1 Å². The van der Waals surface area contributed by atoms with E-state index in [1.54, 1.807) is 0 Å². The van der Waals surface area contributed by atoms with Crippen molar-refractivity contribution in [2.45, 2.75) is 12.2 Å². The largest absolute Gasteiger partial charge is 0.478 e. The summed E-state index contributed by atoms with van der Waals surface area (Å²) in [5.41, 5.74) is 0.322. The molecule has 3 N–H and O–H groups in total. The Balaban J connectivity index is 2.79. The van der Waals surface area contributed by atoms with E-state index in [0.717, 1.165) is 13.2 Å². The number of carbonyl (C=O) groups is 2. The van der Waals surface area contributed by atoms with E-state index in [0.29, 0.717) is 10.4 Å². The van der Waals surface area contributed by atoms with E-state index in [9.17, 15) is 19.8 Å². The van der Waals surface area contributed by atoms with E-state index in [1.807, 2.05) is 0 Å². The Bertz CT molecular complexity index is 464. The van der Waals surface area contributed by atoms with E-state index in [1.165, 1.54) is 28.9 Å². The quantitative estimate of drug-likeness (QED) is 0.530. The van der Waals surface area contributed by atoms with Gasteiger partial charge in [-0.3, -0.25) is 0 Å². The molecule has 1 aromatic heterocycles. The van der Waals surface area contributed by atoms with Gasteiger partial charge in [0.2, 0.25) is 0 Å². The van der Waals surface area contributed by atoms with Gasteiger partial charge in [-0.25, -0.2) is 9.59 Å². The molecule has 2 atom stereocenters. The number of hydrogen-bond acceptors (Lipinski definition) is 6. The number of aliphatic hydroxyl groups is 2. The second-order valence-corrected chi connectivity index (χ2v) is 4.31. The van der Waals surface area contributed by atoms with Crippen molar-refractivity contribution in [3.8, 4) is 0 Å². The summed E-state index contributed by atoms with van der Waals surface area (Å²) < 4.78 is 4.30. The van der Waals surface area contributed by atoms with Gasteiger partial charge in [0.25, 0.3) is 0 Å². The van der Waals surface area contributed by atoms with Crippen LogP contribution in [0.3, 0.4) is 0 Å². The predicted molar refractivity (Wildman–Crippen MR) is 64.0 cm³/mol. The molecule has 0 fully saturated rings. The van der Waals surface area contributed by atoms with Gasteiger partial charge >= 0.3 is 11.9 Å². The van der Waals surface area contributed by atoms with Crippen molar-refractivity contribution in [2.75, 3.05) is 7.11 Å². The topological polar surface area (TPSA) is 104 Å². The minimum Gasteiger partial charge on any atom is -0.478 e. The molecule has 0 radical (unpaired) electrons. The summed E-state index contributed by atoms with van der Waals surface area (Å²) in [4.78, 5) is 21.9. The van der Waals surface area contributed by atoms with Crippen LogP contribution in [0.15, 0.2) is 17.5 Å². The summed E-state index contributed by atoms with van der Waals surface area (Å²) in [6.45, 7) is 0. The van der Waals surface area contributed by atoms with E-state index in [-0.39, 0.29) is 0 Å². The van der Waals surface area contributed by atoms with Gasteiger partial charge in [0, 0.05) is 11.0 Å². The summed E-state index contributed by atoms with van der Waals surface area (Å²) >= 11 is 1.18. The summed E-state index contributed by atoms with van der Waals surface area (Å²) in [7, 11) is 1.10. The smallest absolute Gasteiger partial charge is 0.337 e. The molecule has 0 aliphatic heterocycles. The Kier molecular flexibility index (Phi) is 5.02. The molecule has 0 amide bonds. The number of carbonyl (C=O) groups excluding carboxylic acids is 1. The number of esters is 1. The fraction of sp³-hybridized carbons (Fsp3) is 0.273. The first kappa shape index (κ1) is 14.4. The Morgan fingerprint density at radius 2 is 2.11 bits per heavy atom. The van der Waals surface area contributed by atoms with Crippen LogP contribution in [0.2, 0.25) is 0 Å². The van der Waals surface area contributed by atoms with Gasteiger partial charge in [-0.2, -0.15) is 0 Å². The Labute approximate surface area is 107 Å². The molecule has 18 heavy (non-hydrogen) atoms. The lowest BCUT2D eigenvalue weighted by molar-refractivity contribution is -0.156. The molecule has 98 valence electrons. The van der Waals surface area contributed by atoms with Crippen molar-refractivity contribution in [3.63, 3.8) is 0 Å². The van der Waals surface area contributed by atoms with Gasteiger partial charge in [0.1, 0.15) is 6.10 Å². The van der Waals surface area contributed by atoms with Crippen molar-refractivity contribution in [2.24, 2.45) is 0 Å². The summed E-state index contributed by atoms with van der Waals surface area (Å²) in [6.07, 6.45) is -0.756. The van der Waals surface area contributed by atoms with Crippen LogP contribution < -0.4 is 0 Å². The average Bonchev–Trinajstić information content (AvgIpc) is 2.82. The lowest BCUT2D eigenvalue weighted by Crippen LogP contribution is -2.28. The van der Waals surface area contributed by atoms with Crippen LogP contribution in [0.25, 0.3) is 6.08 Å². The summed E-state index contributed by atoms with van der Waals surface area (Å²) in [5.74, 6) is -2.02. The van der Waals surface area contributed by atoms with E-state index < -0.39 is 24.1 Å². The lowest BCUT2D eigenvalue weighted by atomic mass is 10.1. The van der Waals surface area contributed by atoms with Gasteiger partial charge in [0.15, 0.2) is 6.10 Å². The molecule has 1 heterocycles. The third-order valence-electron chi connectivity index (χ3n) is 2.11. The standard InChI is InChI=1S/C11H12O6S/c1-17-11(16)10(15)9(14)6-4-7(18-5-6)2-3-8(12)13/h2-5,9-10,14-15H,1H3,(H,12,13)/b3-2+. The highest BCUT2D eigenvalue weighted by atomic mass is 32.1. The number of thiophene rings is 1. The van der Waals surface area contributed by atoms with Gasteiger partial charge in [-0.1, -0.05) is 0 Å². The van der Waals surface area contributed by atoms with Crippen LogP contribution in [0.1, 0.15) is 16.5 Å².